The maximum absolute atomic E-state index is 12.9. The van der Waals surface area contributed by atoms with Gasteiger partial charge >= 0.3 is 0 Å². The molecule has 1 atom stereocenters. The first-order chi connectivity index (χ1) is 15.7. The maximum Gasteiger partial charge on any atom is 0.224 e. The summed E-state index contributed by atoms with van der Waals surface area (Å²) in [7, 11) is 0. The van der Waals surface area contributed by atoms with Crippen LogP contribution in [0, 0.1) is 11.3 Å². The van der Waals surface area contributed by atoms with Crippen molar-refractivity contribution in [3.63, 3.8) is 0 Å². The standard InChI is InChI=1S/C26H28N4O2S/c1-17(15-26(2,3)4)13-23(31)29-19-8-5-7-18(14-19)21-10-11-27-25-20(16-28-30(21)25)24(32)22-9-6-12-33-22/h5-12,14,16-17H,13,15H2,1-4H3,(H,29,31). The molecule has 1 aromatic carbocycles. The Labute approximate surface area is 197 Å². The molecule has 170 valence electrons. The Morgan fingerprint density at radius 1 is 1.15 bits per heavy atom. The third kappa shape index (κ3) is 5.37. The van der Waals surface area contributed by atoms with E-state index in [1.807, 2.05) is 41.8 Å². The molecule has 0 spiro atoms. The van der Waals surface area contributed by atoms with E-state index in [0.29, 0.717) is 28.4 Å². The molecule has 6 nitrogen and oxygen atoms in total. The highest BCUT2D eigenvalue weighted by Crippen LogP contribution is 2.28. The number of hydrogen-bond donors (Lipinski definition) is 1. The molecule has 1 N–H and O–H groups in total. The van der Waals surface area contributed by atoms with Crippen molar-refractivity contribution < 1.29 is 9.59 Å². The van der Waals surface area contributed by atoms with E-state index in [1.54, 1.807) is 23.0 Å². The molecule has 3 aromatic heterocycles. The van der Waals surface area contributed by atoms with Crippen LogP contribution < -0.4 is 5.32 Å². The Balaban J connectivity index is 1.57. The van der Waals surface area contributed by atoms with Crippen LogP contribution in [0.1, 0.15) is 55.8 Å². The SMILES string of the molecule is CC(CC(=O)Nc1cccc(-c2ccnc3c(C(=O)c4cccs4)cnn23)c1)CC(C)(C)C. The van der Waals surface area contributed by atoms with Crippen molar-refractivity contribution in [2.45, 2.75) is 40.5 Å². The lowest BCUT2D eigenvalue weighted by atomic mass is 9.84. The van der Waals surface area contributed by atoms with Gasteiger partial charge in [0.05, 0.1) is 22.3 Å². The Bertz CT molecular complexity index is 1290. The number of aromatic nitrogens is 3. The lowest BCUT2D eigenvalue weighted by molar-refractivity contribution is -0.117. The van der Waals surface area contributed by atoms with Crippen LogP contribution in [0.5, 0.6) is 0 Å². The first-order valence-corrected chi connectivity index (χ1v) is 11.9. The van der Waals surface area contributed by atoms with Crippen LogP contribution in [-0.2, 0) is 4.79 Å². The van der Waals surface area contributed by atoms with Crippen LogP contribution in [0.4, 0.5) is 5.69 Å². The first-order valence-electron chi connectivity index (χ1n) is 11.0. The van der Waals surface area contributed by atoms with Gasteiger partial charge in [0.25, 0.3) is 0 Å². The normalized spacial score (nSPS) is 12.6. The lowest BCUT2D eigenvalue weighted by Gasteiger charge is -2.22. The van der Waals surface area contributed by atoms with E-state index in [1.165, 1.54) is 11.3 Å². The van der Waals surface area contributed by atoms with E-state index >= 15 is 0 Å². The van der Waals surface area contributed by atoms with Crippen LogP contribution in [0.2, 0.25) is 0 Å². The van der Waals surface area contributed by atoms with E-state index in [-0.39, 0.29) is 17.1 Å². The number of fused-ring (bicyclic) bond motifs is 1. The molecule has 4 rings (SSSR count). The second-order valence-electron chi connectivity index (χ2n) is 9.63. The minimum absolute atomic E-state index is 0.00620. The predicted molar refractivity (Wildman–Crippen MR) is 133 cm³/mol. The highest BCUT2D eigenvalue weighted by atomic mass is 32.1. The highest BCUT2D eigenvalue weighted by Gasteiger charge is 2.20. The molecule has 0 aliphatic rings. The Kier molecular flexibility index (Phi) is 6.42. The molecule has 0 bridgehead atoms. The molecule has 0 saturated heterocycles. The molecule has 0 aliphatic heterocycles. The van der Waals surface area contributed by atoms with Crippen molar-refractivity contribution >= 4 is 34.4 Å². The van der Waals surface area contributed by atoms with E-state index < -0.39 is 0 Å². The van der Waals surface area contributed by atoms with E-state index in [4.69, 9.17) is 0 Å². The van der Waals surface area contributed by atoms with Gasteiger partial charge in [0.15, 0.2) is 5.65 Å². The summed E-state index contributed by atoms with van der Waals surface area (Å²) < 4.78 is 1.67. The fraction of sp³-hybridized carbons (Fsp3) is 0.308. The Morgan fingerprint density at radius 2 is 1.97 bits per heavy atom. The quantitative estimate of drug-likeness (QED) is 0.339. The van der Waals surface area contributed by atoms with Crippen LogP contribution in [-0.4, -0.2) is 26.3 Å². The van der Waals surface area contributed by atoms with Crippen molar-refractivity contribution in [2.24, 2.45) is 11.3 Å². The van der Waals surface area contributed by atoms with Gasteiger partial charge in [-0.15, -0.1) is 11.3 Å². The number of carbonyl (C=O) groups excluding carboxylic acids is 2. The number of anilines is 1. The van der Waals surface area contributed by atoms with Crippen molar-refractivity contribution in [3.8, 4) is 11.3 Å². The molecule has 0 fully saturated rings. The Hall–Kier alpha value is -3.32. The summed E-state index contributed by atoms with van der Waals surface area (Å²) in [5.41, 5.74) is 3.57. The van der Waals surface area contributed by atoms with Crippen LogP contribution in [0.3, 0.4) is 0 Å². The molecular weight excluding hydrogens is 432 g/mol. The third-order valence-corrected chi connectivity index (χ3v) is 6.20. The van der Waals surface area contributed by atoms with Gasteiger partial charge in [-0.3, -0.25) is 9.59 Å². The smallest absolute Gasteiger partial charge is 0.224 e. The molecule has 7 heteroatoms. The molecule has 1 amide bonds. The summed E-state index contributed by atoms with van der Waals surface area (Å²) in [6, 6.07) is 13.2. The Morgan fingerprint density at radius 3 is 2.70 bits per heavy atom. The highest BCUT2D eigenvalue weighted by molar-refractivity contribution is 7.12. The predicted octanol–water partition coefficient (Wildman–Crippen LogP) is 6.09. The molecule has 33 heavy (non-hydrogen) atoms. The van der Waals surface area contributed by atoms with E-state index in [0.717, 1.165) is 23.4 Å². The van der Waals surface area contributed by atoms with Gasteiger partial charge in [-0.25, -0.2) is 9.50 Å². The lowest BCUT2D eigenvalue weighted by Crippen LogP contribution is -2.18. The van der Waals surface area contributed by atoms with Crippen LogP contribution in [0.25, 0.3) is 16.9 Å². The monoisotopic (exact) mass is 460 g/mol. The number of nitrogens with zero attached hydrogens (tertiary/aromatic N) is 3. The zero-order chi connectivity index (χ0) is 23.6. The van der Waals surface area contributed by atoms with Gasteiger partial charge in [0, 0.05) is 23.9 Å². The molecular formula is C26H28N4O2S. The number of thiophene rings is 1. The van der Waals surface area contributed by atoms with Gasteiger partial charge < -0.3 is 5.32 Å². The summed E-state index contributed by atoms with van der Waals surface area (Å²) in [5.74, 6) is 0.220. The molecule has 0 aliphatic carbocycles. The van der Waals surface area contributed by atoms with E-state index in [9.17, 15) is 9.59 Å². The fourth-order valence-electron chi connectivity index (χ4n) is 4.21. The number of hydrogen-bond acceptors (Lipinski definition) is 5. The van der Waals surface area contributed by atoms with Crippen molar-refractivity contribution in [2.75, 3.05) is 5.32 Å². The number of benzene rings is 1. The second-order valence-corrected chi connectivity index (χ2v) is 10.6. The molecule has 4 aromatic rings. The van der Waals surface area contributed by atoms with Crippen LogP contribution >= 0.6 is 11.3 Å². The van der Waals surface area contributed by atoms with Gasteiger partial charge in [-0.2, -0.15) is 5.10 Å². The summed E-state index contributed by atoms with van der Waals surface area (Å²) in [4.78, 5) is 30.5. The topological polar surface area (TPSA) is 76.4 Å². The van der Waals surface area contributed by atoms with Crippen molar-refractivity contribution in [1.29, 1.82) is 0 Å². The van der Waals surface area contributed by atoms with Crippen LogP contribution in [0.15, 0.2) is 60.2 Å². The number of carbonyl (C=O) groups is 2. The van der Waals surface area contributed by atoms with Crippen molar-refractivity contribution in [3.05, 3.63) is 70.7 Å². The van der Waals surface area contributed by atoms with Gasteiger partial charge in [0.2, 0.25) is 11.7 Å². The molecule has 0 saturated carbocycles. The fourth-order valence-corrected chi connectivity index (χ4v) is 4.89. The van der Waals surface area contributed by atoms with E-state index in [2.05, 4.69) is 43.1 Å². The van der Waals surface area contributed by atoms with Gasteiger partial charge in [-0.05, 0) is 47.4 Å². The summed E-state index contributed by atoms with van der Waals surface area (Å²) >= 11 is 1.40. The zero-order valence-corrected chi connectivity index (χ0v) is 20.1. The first kappa shape index (κ1) is 22.9. The molecule has 1 unspecified atom stereocenters. The summed E-state index contributed by atoms with van der Waals surface area (Å²) in [5, 5.41) is 9.34. The van der Waals surface area contributed by atoms with Gasteiger partial charge in [0.1, 0.15) is 0 Å². The summed E-state index contributed by atoms with van der Waals surface area (Å²) in [6.45, 7) is 8.68. The number of ketones is 1. The zero-order valence-electron chi connectivity index (χ0n) is 19.3. The summed E-state index contributed by atoms with van der Waals surface area (Å²) in [6.07, 6.45) is 4.71. The average molecular weight is 461 g/mol. The number of amides is 1. The number of nitrogens with one attached hydrogen (secondary N) is 1. The largest absolute Gasteiger partial charge is 0.326 e. The minimum Gasteiger partial charge on any atom is -0.326 e. The minimum atomic E-state index is -0.0879. The van der Waals surface area contributed by atoms with Crippen molar-refractivity contribution in [1.82, 2.24) is 14.6 Å². The number of rotatable bonds is 7. The maximum atomic E-state index is 12.9. The molecule has 0 radical (unpaired) electrons. The average Bonchev–Trinajstić information content (AvgIpc) is 3.42. The second kappa shape index (κ2) is 9.27. The third-order valence-electron chi connectivity index (χ3n) is 5.33. The molecule has 3 heterocycles. The van der Waals surface area contributed by atoms with Gasteiger partial charge in [-0.1, -0.05) is 45.9 Å².